The zero-order valence-corrected chi connectivity index (χ0v) is 33.6. The summed E-state index contributed by atoms with van der Waals surface area (Å²) in [6.45, 7) is 0. The number of benzene rings is 9. The van der Waals surface area contributed by atoms with Crippen LogP contribution in [0.1, 0.15) is 0 Å². The molecule has 9 aromatic carbocycles. The van der Waals surface area contributed by atoms with Crippen molar-refractivity contribution in [3.63, 3.8) is 0 Å². The number of aromatic nitrogens is 4. The average Bonchev–Trinajstić information content (AvgIpc) is 3.35. The van der Waals surface area contributed by atoms with Crippen LogP contribution in [0.25, 0.3) is 122 Å². The summed E-state index contributed by atoms with van der Waals surface area (Å²) in [5.74, 6) is 0.681. The molecular formula is C58H36N4. The first-order chi connectivity index (χ1) is 30.7. The van der Waals surface area contributed by atoms with Crippen LogP contribution >= 0.6 is 0 Å². The third-order valence-corrected chi connectivity index (χ3v) is 12.1. The van der Waals surface area contributed by atoms with E-state index in [1.807, 2.05) is 24.3 Å². The minimum absolute atomic E-state index is 0.681. The number of para-hydroxylation sites is 1. The fraction of sp³-hybridized carbons (Fsp3) is 0. The maximum absolute atomic E-state index is 5.57. The highest BCUT2D eigenvalue weighted by molar-refractivity contribution is 6.22. The molecule has 288 valence electrons. The molecule has 0 spiro atoms. The molecule has 0 bridgehead atoms. The molecule has 0 aliphatic rings. The van der Waals surface area contributed by atoms with Gasteiger partial charge in [-0.25, -0.2) is 19.9 Å². The standard InChI is InChI=1S/C58H36N4/c1-4-16-37(17-5-1)38-28-30-39(31-29-38)51-36-52(62-58(61-51)42-20-8-3-9-21-42)55-45-24-12-10-22-43(45)54(44-23-11-13-25-46(44)55)50-35-33-41-32-34-48-53(40-18-6-2-7-19-40)47-26-14-15-27-49(47)59-57(48)56(41)60-50/h1-36H. The topological polar surface area (TPSA) is 51.6 Å². The van der Waals surface area contributed by atoms with Crippen molar-refractivity contribution < 1.29 is 0 Å². The molecule has 0 amide bonds. The molecule has 0 saturated carbocycles. The van der Waals surface area contributed by atoms with E-state index < -0.39 is 0 Å². The van der Waals surface area contributed by atoms with Crippen molar-refractivity contribution in [3.05, 3.63) is 218 Å². The molecule has 62 heavy (non-hydrogen) atoms. The largest absolute Gasteiger partial charge is 0.245 e. The molecule has 0 saturated heterocycles. The highest BCUT2D eigenvalue weighted by Gasteiger charge is 2.21. The van der Waals surface area contributed by atoms with Gasteiger partial charge in [-0.2, -0.15) is 0 Å². The van der Waals surface area contributed by atoms with E-state index in [0.717, 1.165) is 105 Å². The fourth-order valence-corrected chi connectivity index (χ4v) is 9.18. The predicted octanol–water partition coefficient (Wildman–Crippen LogP) is 15.0. The zero-order valence-electron chi connectivity index (χ0n) is 33.6. The van der Waals surface area contributed by atoms with Gasteiger partial charge >= 0.3 is 0 Å². The molecule has 3 heterocycles. The van der Waals surface area contributed by atoms with Crippen LogP contribution in [-0.2, 0) is 0 Å². The Hall–Kier alpha value is -8.34. The second kappa shape index (κ2) is 14.7. The Morgan fingerprint density at radius 1 is 0.242 bits per heavy atom. The molecule has 0 aliphatic carbocycles. The van der Waals surface area contributed by atoms with Crippen LogP contribution in [0.4, 0.5) is 0 Å². The number of pyridine rings is 2. The van der Waals surface area contributed by atoms with E-state index in [4.69, 9.17) is 19.9 Å². The quantitative estimate of drug-likeness (QED) is 0.124. The van der Waals surface area contributed by atoms with Gasteiger partial charge in [-0.05, 0) is 56.4 Å². The van der Waals surface area contributed by atoms with Crippen molar-refractivity contribution in [2.24, 2.45) is 0 Å². The summed E-state index contributed by atoms with van der Waals surface area (Å²) >= 11 is 0. The van der Waals surface area contributed by atoms with Crippen molar-refractivity contribution in [2.45, 2.75) is 0 Å². The zero-order chi connectivity index (χ0) is 41.0. The summed E-state index contributed by atoms with van der Waals surface area (Å²) in [4.78, 5) is 21.4. The van der Waals surface area contributed by atoms with E-state index in [2.05, 4.69) is 194 Å². The van der Waals surface area contributed by atoms with Crippen molar-refractivity contribution in [1.29, 1.82) is 0 Å². The molecule has 0 unspecified atom stereocenters. The number of rotatable bonds is 6. The van der Waals surface area contributed by atoms with Crippen LogP contribution in [0.2, 0.25) is 0 Å². The van der Waals surface area contributed by atoms with Gasteiger partial charge in [0.25, 0.3) is 0 Å². The fourth-order valence-electron chi connectivity index (χ4n) is 9.18. The van der Waals surface area contributed by atoms with Crippen LogP contribution in [-0.4, -0.2) is 19.9 Å². The normalized spacial score (nSPS) is 11.5. The van der Waals surface area contributed by atoms with Crippen molar-refractivity contribution >= 4 is 54.3 Å². The molecule has 0 N–H and O–H groups in total. The third-order valence-electron chi connectivity index (χ3n) is 12.1. The Bertz CT molecular complexity index is 3600. The van der Waals surface area contributed by atoms with E-state index >= 15 is 0 Å². The minimum atomic E-state index is 0.681. The number of hydrogen-bond acceptors (Lipinski definition) is 4. The summed E-state index contributed by atoms with van der Waals surface area (Å²) in [7, 11) is 0. The molecule has 4 heteroatoms. The lowest BCUT2D eigenvalue weighted by Crippen LogP contribution is -1.98. The number of nitrogens with zero attached hydrogens (tertiary/aromatic N) is 4. The van der Waals surface area contributed by atoms with Gasteiger partial charge < -0.3 is 0 Å². The van der Waals surface area contributed by atoms with Crippen LogP contribution in [0.15, 0.2) is 218 Å². The lowest BCUT2D eigenvalue weighted by atomic mass is 9.88. The molecule has 0 radical (unpaired) electrons. The average molecular weight is 789 g/mol. The highest BCUT2D eigenvalue weighted by atomic mass is 14.9. The van der Waals surface area contributed by atoms with E-state index in [9.17, 15) is 0 Å². The van der Waals surface area contributed by atoms with Gasteiger partial charge in [0.1, 0.15) is 0 Å². The summed E-state index contributed by atoms with van der Waals surface area (Å²) in [6, 6.07) is 76.7. The van der Waals surface area contributed by atoms with E-state index in [1.54, 1.807) is 0 Å². The van der Waals surface area contributed by atoms with Gasteiger partial charge in [-0.3, -0.25) is 0 Å². The van der Waals surface area contributed by atoms with E-state index in [-0.39, 0.29) is 0 Å². The predicted molar refractivity (Wildman–Crippen MR) is 258 cm³/mol. The van der Waals surface area contributed by atoms with Gasteiger partial charge in [-0.1, -0.05) is 200 Å². The van der Waals surface area contributed by atoms with Gasteiger partial charge in [0.15, 0.2) is 5.82 Å². The summed E-state index contributed by atoms with van der Waals surface area (Å²) in [6.07, 6.45) is 0. The minimum Gasteiger partial charge on any atom is -0.245 e. The monoisotopic (exact) mass is 788 g/mol. The molecule has 12 rings (SSSR count). The second-order valence-corrected chi connectivity index (χ2v) is 15.7. The van der Waals surface area contributed by atoms with Crippen molar-refractivity contribution in [1.82, 2.24) is 19.9 Å². The molecule has 12 aromatic rings. The molecule has 4 nitrogen and oxygen atoms in total. The summed E-state index contributed by atoms with van der Waals surface area (Å²) in [5, 5.41) is 7.66. The van der Waals surface area contributed by atoms with Crippen LogP contribution in [0, 0.1) is 0 Å². The van der Waals surface area contributed by atoms with Gasteiger partial charge in [0.2, 0.25) is 0 Å². The highest BCUT2D eigenvalue weighted by Crippen LogP contribution is 2.45. The second-order valence-electron chi connectivity index (χ2n) is 15.7. The Morgan fingerprint density at radius 2 is 0.726 bits per heavy atom. The van der Waals surface area contributed by atoms with E-state index in [0.29, 0.717) is 5.82 Å². The molecule has 3 aromatic heterocycles. The Balaban J connectivity index is 1.09. The van der Waals surface area contributed by atoms with Crippen LogP contribution in [0.5, 0.6) is 0 Å². The third kappa shape index (κ3) is 6.00. The van der Waals surface area contributed by atoms with E-state index in [1.165, 1.54) is 11.1 Å². The first-order valence-corrected chi connectivity index (χ1v) is 21.0. The maximum Gasteiger partial charge on any atom is 0.160 e. The number of hydrogen-bond donors (Lipinski definition) is 0. The summed E-state index contributed by atoms with van der Waals surface area (Å²) < 4.78 is 0. The molecule has 0 aliphatic heterocycles. The van der Waals surface area contributed by atoms with Crippen molar-refractivity contribution in [2.75, 3.05) is 0 Å². The van der Waals surface area contributed by atoms with Crippen molar-refractivity contribution in [3.8, 4) is 67.4 Å². The van der Waals surface area contributed by atoms with Crippen LogP contribution < -0.4 is 0 Å². The number of fused-ring (bicyclic) bond motifs is 6. The summed E-state index contributed by atoms with van der Waals surface area (Å²) in [5.41, 5.74) is 14.2. The Morgan fingerprint density at radius 3 is 1.37 bits per heavy atom. The molecule has 0 fully saturated rings. The lowest BCUT2D eigenvalue weighted by Gasteiger charge is -2.18. The first kappa shape index (κ1) is 35.6. The first-order valence-electron chi connectivity index (χ1n) is 21.0. The van der Waals surface area contributed by atoms with Gasteiger partial charge in [-0.15, -0.1) is 0 Å². The lowest BCUT2D eigenvalue weighted by molar-refractivity contribution is 1.19. The smallest absolute Gasteiger partial charge is 0.160 e. The molecule has 0 atom stereocenters. The Labute approximate surface area is 358 Å². The van der Waals surface area contributed by atoms with Crippen LogP contribution in [0.3, 0.4) is 0 Å². The molecular weight excluding hydrogens is 753 g/mol. The Kier molecular flexibility index (Phi) is 8.46. The maximum atomic E-state index is 5.57. The SMILES string of the molecule is c1ccc(-c2ccc(-c3cc(-c4c5ccccc5c(-c5ccc6ccc7c(-c8ccccc8)c8ccccc8nc7c6n5)c5ccccc45)nc(-c4ccccc4)n3)cc2)cc1. The van der Waals surface area contributed by atoms with Gasteiger partial charge in [0, 0.05) is 44.0 Å². The van der Waals surface area contributed by atoms with Gasteiger partial charge in [0.05, 0.1) is 33.6 Å².